The second-order valence-electron chi connectivity index (χ2n) is 9.75. The van der Waals surface area contributed by atoms with Crippen molar-refractivity contribution in [2.45, 2.75) is 44.9 Å². The molecule has 1 unspecified atom stereocenters. The molecule has 2 heterocycles. The van der Waals surface area contributed by atoms with E-state index in [9.17, 15) is 4.79 Å². The molecular formula is C30H31ClN2O3. The lowest BCUT2D eigenvalue weighted by atomic mass is 9.74. The van der Waals surface area contributed by atoms with Gasteiger partial charge in [-0.15, -0.1) is 0 Å². The highest BCUT2D eigenvalue weighted by Gasteiger charge is 2.57. The molecule has 0 radical (unpaired) electrons. The maximum Gasteiger partial charge on any atom is 0.223 e. The molecule has 1 N–H and O–H groups in total. The molecule has 1 fully saturated rings. The van der Waals surface area contributed by atoms with Crippen LogP contribution in [0, 0.1) is 0 Å². The van der Waals surface area contributed by atoms with Crippen molar-refractivity contribution in [2.75, 3.05) is 18.1 Å². The molecule has 6 heteroatoms. The van der Waals surface area contributed by atoms with Gasteiger partial charge in [0, 0.05) is 29.1 Å². The van der Waals surface area contributed by atoms with E-state index in [1.54, 1.807) is 0 Å². The van der Waals surface area contributed by atoms with E-state index >= 15 is 0 Å². The van der Waals surface area contributed by atoms with Crippen molar-refractivity contribution in [3.05, 3.63) is 94.5 Å². The van der Waals surface area contributed by atoms with E-state index in [0.29, 0.717) is 42.7 Å². The second kappa shape index (κ2) is 9.55. The molecule has 186 valence electrons. The Morgan fingerprint density at radius 3 is 2.58 bits per heavy atom. The summed E-state index contributed by atoms with van der Waals surface area (Å²) in [5, 5.41) is 4.03. The Kier molecular flexibility index (Phi) is 6.44. The van der Waals surface area contributed by atoms with Gasteiger partial charge in [-0.05, 0) is 60.0 Å². The predicted octanol–water partition coefficient (Wildman–Crippen LogP) is 6.34. The third kappa shape index (κ3) is 4.22. The molecule has 3 aromatic rings. The normalized spacial score (nSPS) is 20.1. The minimum absolute atomic E-state index is 0.0673. The van der Waals surface area contributed by atoms with E-state index in [1.807, 2.05) is 49.4 Å². The number of benzene rings is 3. The molecular weight excluding hydrogens is 472 g/mol. The maximum absolute atomic E-state index is 12.6. The quantitative estimate of drug-likeness (QED) is 0.409. The van der Waals surface area contributed by atoms with Gasteiger partial charge in [-0.1, -0.05) is 67.9 Å². The number of carbonyl (C=O) groups is 1. The van der Waals surface area contributed by atoms with Crippen LogP contribution < -0.4 is 19.7 Å². The number of amides is 1. The topological polar surface area (TPSA) is 50.8 Å². The molecule has 5 nitrogen and oxygen atoms in total. The summed E-state index contributed by atoms with van der Waals surface area (Å²) in [6, 6.07) is 22.0. The third-order valence-electron chi connectivity index (χ3n) is 7.23. The zero-order chi connectivity index (χ0) is 25.3. The molecule has 0 bridgehead atoms. The highest BCUT2D eigenvalue weighted by atomic mass is 35.5. The van der Waals surface area contributed by atoms with Gasteiger partial charge in [0.25, 0.3) is 0 Å². The van der Waals surface area contributed by atoms with Crippen molar-refractivity contribution in [3.8, 4) is 11.5 Å². The van der Waals surface area contributed by atoms with E-state index in [4.69, 9.17) is 21.1 Å². The summed E-state index contributed by atoms with van der Waals surface area (Å²) in [5.74, 6) is 1.44. The largest absolute Gasteiger partial charge is 0.490 e. The fourth-order valence-electron chi connectivity index (χ4n) is 5.29. The molecule has 36 heavy (non-hydrogen) atoms. The summed E-state index contributed by atoms with van der Waals surface area (Å²) >= 11 is 5.99. The first-order valence-electron chi connectivity index (χ1n) is 12.4. The summed E-state index contributed by atoms with van der Waals surface area (Å²) in [7, 11) is 0. The van der Waals surface area contributed by atoms with Crippen LogP contribution in [0.2, 0.25) is 5.02 Å². The third-order valence-corrected chi connectivity index (χ3v) is 7.48. The van der Waals surface area contributed by atoms with Crippen molar-refractivity contribution in [1.82, 2.24) is 5.32 Å². The number of hydrogen-bond acceptors (Lipinski definition) is 4. The monoisotopic (exact) mass is 502 g/mol. The first kappa shape index (κ1) is 24.3. The Balaban J connectivity index is 1.44. The van der Waals surface area contributed by atoms with Gasteiger partial charge in [0.1, 0.15) is 12.3 Å². The average molecular weight is 503 g/mol. The first-order chi connectivity index (χ1) is 17.3. The van der Waals surface area contributed by atoms with Gasteiger partial charge in [-0.2, -0.15) is 0 Å². The number of hydrogen-bond donors (Lipinski definition) is 1. The van der Waals surface area contributed by atoms with Crippen LogP contribution in [0.25, 0.3) is 6.08 Å². The molecule has 5 rings (SSSR count). The van der Waals surface area contributed by atoms with Crippen molar-refractivity contribution < 1.29 is 14.3 Å². The van der Waals surface area contributed by atoms with Gasteiger partial charge >= 0.3 is 0 Å². The van der Waals surface area contributed by atoms with Crippen LogP contribution in [0.15, 0.2) is 72.8 Å². The van der Waals surface area contributed by atoms with Crippen LogP contribution in [-0.4, -0.2) is 24.7 Å². The van der Waals surface area contributed by atoms with Crippen molar-refractivity contribution >= 4 is 29.3 Å². The molecule has 3 aromatic carbocycles. The van der Waals surface area contributed by atoms with Crippen molar-refractivity contribution in [1.29, 1.82) is 0 Å². The van der Waals surface area contributed by atoms with Crippen LogP contribution >= 0.6 is 11.6 Å². The Hall–Kier alpha value is -3.44. The molecule has 0 spiro atoms. The fourth-order valence-corrected chi connectivity index (χ4v) is 5.42. The molecule has 2 aliphatic heterocycles. The Labute approximate surface area is 217 Å². The predicted molar refractivity (Wildman–Crippen MR) is 145 cm³/mol. The fraction of sp³-hybridized carbons (Fsp3) is 0.300. The molecule has 1 saturated heterocycles. The Bertz CT molecular complexity index is 1300. The van der Waals surface area contributed by atoms with Crippen molar-refractivity contribution in [3.63, 3.8) is 0 Å². The van der Waals surface area contributed by atoms with Gasteiger partial charge in [-0.3, -0.25) is 4.79 Å². The second-order valence-corrected chi connectivity index (χ2v) is 10.2. The summed E-state index contributed by atoms with van der Waals surface area (Å²) in [6.45, 7) is 7.97. The van der Waals surface area contributed by atoms with Gasteiger partial charge in [-0.25, -0.2) is 0 Å². The highest BCUT2D eigenvalue weighted by molar-refractivity contribution is 6.30. The maximum atomic E-state index is 12.6. The summed E-state index contributed by atoms with van der Waals surface area (Å²) < 4.78 is 12.0. The van der Waals surface area contributed by atoms with Crippen LogP contribution in [-0.2, 0) is 16.8 Å². The number of nitrogens with zero attached hydrogens (tertiary/aromatic N) is 1. The average Bonchev–Trinajstić information content (AvgIpc) is 3.07. The number of nitrogens with one attached hydrogen (secondary N) is 1. The molecule has 1 amide bonds. The van der Waals surface area contributed by atoms with Gasteiger partial charge in [0.2, 0.25) is 5.91 Å². The van der Waals surface area contributed by atoms with Crippen LogP contribution in [0.3, 0.4) is 0 Å². The Morgan fingerprint density at radius 1 is 1.03 bits per heavy atom. The molecule has 0 saturated carbocycles. The van der Waals surface area contributed by atoms with Crippen LogP contribution in [0.5, 0.6) is 11.5 Å². The van der Waals surface area contributed by atoms with E-state index in [2.05, 4.69) is 60.5 Å². The number of carbonyl (C=O) groups excluding carboxylic acids is 1. The van der Waals surface area contributed by atoms with Gasteiger partial charge in [0.15, 0.2) is 11.5 Å². The number of anilines is 1. The summed E-state index contributed by atoms with van der Waals surface area (Å²) in [6.07, 6.45) is 4.68. The van der Waals surface area contributed by atoms with Gasteiger partial charge < -0.3 is 19.7 Å². The van der Waals surface area contributed by atoms with Crippen molar-refractivity contribution in [2.24, 2.45) is 0 Å². The minimum atomic E-state index is -0.651. The van der Waals surface area contributed by atoms with E-state index in [0.717, 1.165) is 11.1 Å². The number of para-hydroxylation sites is 1. The standard InChI is InChI=1S/C30H31ClN2O3/c1-4-35-27-19-21(11-14-26(27)36-20-22-9-12-23(31)13-10-22)15-17-30-29(2,3)24-7-5-6-8-25(24)33(30)18-16-28(34)32-30/h5-15,17,19H,4,16,18,20H2,1-3H3,(H,32,34). The number of halogens is 1. The van der Waals surface area contributed by atoms with E-state index in [1.165, 1.54) is 11.3 Å². The zero-order valence-electron chi connectivity index (χ0n) is 20.9. The van der Waals surface area contributed by atoms with E-state index in [-0.39, 0.29) is 11.3 Å². The highest BCUT2D eigenvalue weighted by Crippen LogP contribution is 2.52. The molecule has 1 atom stereocenters. The van der Waals surface area contributed by atoms with Crippen LogP contribution in [0.4, 0.5) is 5.69 Å². The smallest absolute Gasteiger partial charge is 0.223 e. The molecule has 0 aliphatic carbocycles. The van der Waals surface area contributed by atoms with Gasteiger partial charge in [0.05, 0.1) is 6.61 Å². The lowest BCUT2D eigenvalue weighted by molar-refractivity contribution is -0.124. The Morgan fingerprint density at radius 2 is 1.81 bits per heavy atom. The first-order valence-corrected chi connectivity index (χ1v) is 12.7. The molecule has 2 aliphatic rings. The minimum Gasteiger partial charge on any atom is -0.490 e. The molecule has 0 aromatic heterocycles. The zero-order valence-corrected chi connectivity index (χ0v) is 21.6. The van der Waals surface area contributed by atoms with E-state index < -0.39 is 5.66 Å². The lowest BCUT2D eigenvalue weighted by Crippen LogP contribution is -2.68. The number of fused-ring (bicyclic) bond motifs is 3. The lowest BCUT2D eigenvalue weighted by Gasteiger charge is -2.49. The summed E-state index contributed by atoms with van der Waals surface area (Å²) in [5.41, 5.74) is 3.44. The number of rotatable bonds is 7. The van der Waals surface area contributed by atoms with Crippen LogP contribution in [0.1, 0.15) is 43.9 Å². The SMILES string of the molecule is CCOc1cc(C=CC23NC(=O)CCN2c2ccccc2C3(C)C)ccc1OCc1ccc(Cl)cc1. The number of ether oxygens (including phenoxy) is 2. The summed E-state index contributed by atoms with van der Waals surface area (Å²) in [4.78, 5) is 15.0.